The molecule has 1 heterocycles. The fraction of sp³-hybridized carbons (Fsp3) is 0.812. The van der Waals surface area contributed by atoms with Crippen LogP contribution in [0, 0.1) is 23.2 Å². The van der Waals surface area contributed by atoms with Crippen LogP contribution in [0.5, 0.6) is 0 Å². The average molecular weight is 604 g/mol. The van der Waals surface area contributed by atoms with Gasteiger partial charge in [0.05, 0.1) is 12.1 Å². The number of carbonyl (C=O) groups excluding carboxylic acids is 6. The van der Waals surface area contributed by atoms with Gasteiger partial charge in [-0.2, -0.15) is 0 Å². The maximum atomic E-state index is 13.2. The highest BCUT2D eigenvalue weighted by molar-refractivity contribution is 6.37. The van der Waals surface area contributed by atoms with Gasteiger partial charge in [-0.05, 0) is 69.1 Å². The van der Waals surface area contributed by atoms with Gasteiger partial charge in [-0.15, -0.1) is 0 Å². The number of nitrogens with zero attached hydrogens (tertiary/aromatic N) is 1. The van der Waals surface area contributed by atoms with Crippen molar-refractivity contribution in [2.75, 3.05) is 6.54 Å². The van der Waals surface area contributed by atoms with E-state index in [-0.39, 0.29) is 35.6 Å². The highest BCUT2D eigenvalue weighted by atomic mass is 16.2. The lowest BCUT2D eigenvalue weighted by Gasteiger charge is -2.36. The number of Topliss-reactive ketones (excluding diaryl/α,β-unsaturated/α-hetero) is 2. The molecule has 5 N–H and O–H groups in total. The summed E-state index contributed by atoms with van der Waals surface area (Å²) in [6, 6.07) is -1.91. The molecule has 0 bridgehead atoms. The van der Waals surface area contributed by atoms with Gasteiger partial charge in [0.15, 0.2) is 5.78 Å². The Morgan fingerprint density at radius 1 is 0.884 bits per heavy atom. The predicted molar refractivity (Wildman–Crippen MR) is 163 cm³/mol. The number of amides is 5. The Kier molecular flexibility index (Phi) is 12.6. The van der Waals surface area contributed by atoms with E-state index in [0.29, 0.717) is 18.7 Å². The van der Waals surface area contributed by atoms with Crippen LogP contribution >= 0.6 is 0 Å². The molecule has 0 aromatic heterocycles. The lowest BCUT2D eigenvalue weighted by Crippen LogP contribution is -2.59. The van der Waals surface area contributed by atoms with Gasteiger partial charge in [-0.3, -0.25) is 24.0 Å². The van der Waals surface area contributed by atoms with Gasteiger partial charge in [0.2, 0.25) is 18.1 Å². The number of likely N-dealkylation sites (tertiary alicyclic amines) is 1. The molecule has 242 valence electrons. The molecule has 11 heteroatoms. The maximum absolute atomic E-state index is 13.2. The number of rotatable bonds is 12. The molecule has 1 saturated heterocycles. The largest absolute Gasteiger partial charge is 0.363 e. The molecule has 0 aromatic carbocycles. The molecular weight excluding hydrogens is 550 g/mol. The predicted octanol–water partition coefficient (Wildman–Crippen LogP) is 2.98. The quantitative estimate of drug-likeness (QED) is 0.198. The van der Waals surface area contributed by atoms with Gasteiger partial charge in [-0.25, -0.2) is 4.79 Å². The standard InChI is InChI=1S/C23H39N3O3.C9H14N2O3/c1-15-9-8-14-26(15)21(28)20(23(2,3)4)25-22(29)24-18(19(27)17-12-13-17)16-10-6-5-7-11-16;10-9(14)8(13)7(11-5-12)4-6-2-1-3-6/h15-18,20H,5-14H2,1-4H3,(H2,24,25,29);5-7H,1-4H2,(H2,10,14)(H,11,12). The Morgan fingerprint density at radius 3 is 2.00 bits per heavy atom. The Morgan fingerprint density at radius 2 is 1.53 bits per heavy atom. The first-order chi connectivity index (χ1) is 20.3. The Hall–Kier alpha value is -2.98. The van der Waals surface area contributed by atoms with Crippen LogP contribution in [-0.4, -0.2) is 71.4 Å². The van der Waals surface area contributed by atoms with E-state index in [0.717, 1.165) is 77.2 Å². The van der Waals surface area contributed by atoms with E-state index >= 15 is 0 Å². The van der Waals surface area contributed by atoms with Crippen molar-refractivity contribution in [2.45, 2.75) is 135 Å². The lowest BCUT2D eigenvalue weighted by molar-refractivity contribution is -0.138. The molecule has 3 aliphatic carbocycles. The van der Waals surface area contributed by atoms with Crippen molar-refractivity contribution in [3.8, 4) is 0 Å². The lowest BCUT2D eigenvalue weighted by atomic mass is 9.80. The van der Waals surface area contributed by atoms with Crippen LogP contribution in [0.2, 0.25) is 0 Å². The topological polar surface area (TPSA) is 168 Å². The van der Waals surface area contributed by atoms with Crippen LogP contribution in [-0.2, 0) is 24.0 Å². The molecule has 4 unspecified atom stereocenters. The van der Waals surface area contributed by atoms with E-state index in [1.807, 2.05) is 25.7 Å². The van der Waals surface area contributed by atoms with Crippen molar-refractivity contribution in [3.63, 3.8) is 0 Å². The number of carbonyl (C=O) groups is 6. The summed E-state index contributed by atoms with van der Waals surface area (Å²) < 4.78 is 0. The van der Waals surface area contributed by atoms with Crippen LogP contribution in [0.1, 0.15) is 111 Å². The third kappa shape index (κ3) is 10.0. The molecule has 11 nitrogen and oxygen atoms in total. The SMILES string of the molecule is CC1CCCN1C(=O)C(NC(=O)NC(C(=O)C1CC1)C1CCCCC1)C(C)(C)C.NC(=O)C(=O)C(CC1CCC1)NC=O. The summed E-state index contributed by atoms with van der Waals surface area (Å²) in [6.07, 6.45) is 13.6. The number of nitrogens with two attached hydrogens (primary N) is 1. The highest BCUT2D eigenvalue weighted by Gasteiger charge is 2.42. The summed E-state index contributed by atoms with van der Waals surface area (Å²) >= 11 is 0. The van der Waals surface area contributed by atoms with E-state index in [1.165, 1.54) is 6.42 Å². The number of hydrogen-bond acceptors (Lipinski definition) is 6. The molecule has 4 fully saturated rings. The molecular formula is C32H53N5O6. The van der Waals surface area contributed by atoms with Crippen LogP contribution < -0.4 is 21.7 Å². The number of ketones is 2. The van der Waals surface area contributed by atoms with Crippen molar-refractivity contribution in [1.29, 1.82) is 0 Å². The molecule has 0 spiro atoms. The minimum Gasteiger partial charge on any atom is -0.363 e. The van der Waals surface area contributed by atoms with Crippen LogP contribution in [0.25, 0.3) is 0 Å². The third-order valence-corrected chi connectivity index (χ3v) is 9.54. The molecule has 4 aliphatic rings. The molecule has 0 aromatic rings. The van der Waals surface area contributed by atoms with Crippen LogP contribution in [0.3, 0.4) is 0 Å². The van der Waals surface area contributed by atoms with Gasteiger partial charge in [0.1, 0.15) is 6.04 Å². The highest BCUT2D eigenvalue weighted by Crippen LogP contribution is 2.35. The normalized spacial score (nSPS) is 23.0. The smallest absolute Gasteiger partial charge is 0.316 e. The average Bonchev–Trinajstić information content (AvgIpc) is 3.70. The van der Waals surface area contributed by atoms with Gasteiger partial charge < -0.3 is 26.6 Å². The minimum absolute atomic E-state index is 0.0135. The minimum atomic E-state index is -0.983. The Labute approximate surface area is 256 Å². The fourth-order valence-corrected chi connectivity index (χ4v) is 6.47. The first-order valence-electron chi connectivity index (χ1n) is 16.3. The van der Waals surface area contributed by atoms with Gasteiger partial charge >= 0.3 is 6.03 Å². The number of nitrogens with one attached hydrogen (secondary N) is 3. The van der Waals surface area contributed by atoms with Crippen LogP contribution in [0.15, 0.2) is 0 Å². The molecule has 0 radical (unpaired) electrons. The summed E-state index contributed by atoms with van der Waals surface area (Å²) in [5.41, 5.74) is 4.45. The van der Waals surface area contributed by atoms with Gasteiger partial charge in [0, 0.05) is 18.5 Å². The zero-order valence-corrected chi connectivity index (χ0v) is 26.5. The first kappa shape index (κ1) is 34.5. The zero-order chi connectivity index (χ0) is 31.7. The van der Waals surface area contributed by atoms with Crippen molar-refractivity contribution in [2.24, 2.45) is 28.9 Å². The van der Waals surface area contributed by atoms with E-state index in [9.17, 15) is 28.8 Å². The first-order valence-corrected chi connectivity index (χ1v) is 16.3. The van der Waals surface area contributed by atoms with Crippen molar-refractivity contribution in [1.82, 2.24) is 20.9 Å². The summed E-state index contributed by atoms with van der Waals surface area (Å²) in [5.74, 6) is -0.722. The summed E-state index contributed by atoms with van der Waals surface area (Å²) in [7, 11) is 0. The molecule has 1 aliphatic heterocycles. The second-order valence-corrected chi connectivity index (χ2v) is 14.1. The molecule has 4 rings (SSSR count). The Balaban J connectivity index is 0.000000303. The summed E-state index contributed by atoms with van der Waals surface area (Å²) in [6.45, 7) is 8.75. The second kappa shape index (κ2) is 15.7. The summed E-state index contributed by atoms with van der Waals surface area (Å²) in [4.78, 5) is 73.0. The van der Waals surface area contributed by atoms with Gasteiger partial charge in [-0.1, -0.05) is 59.3 Å². The molecule has 5 amide bonds. The van der Waals surface area contributed by atoms with E-state index in [1.54, 1.807) is 0 Å². The van der Waals surface area contributed by atoms with E-state index < -0.39 is 35.2 Å². The molecule has 3 saturated carbocycles. The fourth-order valence-electron chi connectivity index (χ4n) is 6.47. The summed E-state index contributed by atoms with van der Waals surface area (Å²) in [5, 5.41) is 8.27. The number of hydrogen-bond donors (Lipinski definition) is 4. The monoisotopic (exact) mass is 603 g/mol. The van der Waals surface area contributed by atoms with Crippen LogP contribution in [0.4, 0.5) is 4.79 Å². The van der Waals surface area contributed by atoms with Crippen molar-refractivity contribution < 1.29 is 28.8 Å². The van der Waals surface area contributed by atoms with E-state index in [2.05, 4.69) is 22.9 Å². The van der Waals surface area contributed by atoms with Gasteiger partial charge in [0.25, 0.3) is 5.91 Å². The Bertz CT molecular complexity index is 1010. The number of primary amides is 1. The third-order valence-electron chi connectivity index (χ3n) is 9.54. The van der Waals surface area contributed by atoms with E-state index in [4.69, 9.17) is 5.73 Å². The number of urea groups is 1. The molecule has 43 heavy (non-hydrogen) atoms. The second-order valence-electron chi connectivity index (χ2n) is 14.1. The zero-order valence-electron chi connectivity index (χ0n) is 26.5. The molecule has 4 atom stereocenters. The van der Waals surface area contributed by atoms with Crippen molar-refractivity contribution in [3.05, 3.63) is 0 Å². The maximum Gasteiger partial charge on any atom is 0.316 e. The van der Waals surface area contributed by atoms with Crippen molar-refractivity contribution >= 4 is 35.8 Å².